The number of ether oxygens (including phenoxy) is 1. The lowest BCUT2D eigenvalue weighted by molar-refractivity contribution is 0.0696. The Kier molecular flexibility index (Phi) is 3.52. The summed E-state index contributed by atoms with van der Waals surface area (Å²) >= 11 is 0. The van der Waals surface area contributed by atoms with Gasteiger partial charge in [-0.05, 0) is 24.6 Å². The monoisotopic (exact) mass is 244 g/mol. The number of hydrogen-bond acceptors (Lipinski definition) is 4. The summed E-state index contributed by atoms with van der Waals surface area (Å²) in [5.41, 5.74) is 0.842. The topological polar surface area (TPSA) is 72.3 Å². The highest BCUT2D eigenvalue weighted by molar-refractivity contribution is 5.88. The zero-order valence-electron chi connectivity index (χ0n) is 9.83. The second-order valence-corrected chi connectivity index (χ2v) is 3.63. The average molecular weight is 244 g/mol. The van der Waals surface area contributed by atoms with Crippen LogP contribution in [0.4, 0.5) is 0 Å². The van der Waals surface area contributed by atoms with Crippen LogP contribution in [-0.2, 0) is 6.42 Å². The van der Waals surface area contributed by atoms with Crippen molar-refractivity contribution in [2.24, 2.45) is 0 Å². The molecule has 5 heteroatoms. The predicted molar refractivity (Wildman–Crippen MR) is 64.9 cm³/mol. The highest BCUT2D eigenvalue weighted by atomic mass is 16.5. The van der Waals surface area contributed by atoms with Gasteiger partial charge < -0.3 is 9.84 Å². The van der Waals surface area contributed by atoms with E-state index in [-0.39, 0.29) is 11.4 Å². The molecule has 0 fully saturated rings. The molecule has 2 heterocycles. The normalized spacial score (nSPS) is 10.1. The van der Waals surface area contributed by atoms with Crippen LogP contribution in [0, 0.1) is 0 Å². The molecule has 0 saturated carbocycles. The van der Waals surface area contributed by atoms with Crippen LogP contribution in [0.15, 0.2) is 36.7 Å². The van der Waals surface area contributed by atoms with Gasteiger partial charge in [-0.25, -0.2) is 9.78 Å². The average Bonchev–Trinajstić information content (AvgIpc) is 2.39. The lowest BCUT2D eigenvalue weighted by atomic mass is 10.2. The Morgan fingerprint density at radius 1 is 1.44 bits per heavy atom. The first kappa shape index (κ1) is 12.0. The minimum atomic E-state index is -0.997. The van der Waals surface area contributed by atoms with E-state index < -0.39 is 5.97 Å². The highest BCUT2D eigenvalue weighted by Gasteiger charge is 2.09. The molecule has 0 saturated heterocycles. The smallest absolute Gasteiger partial charge is 0.335 e. The third-order valence-electron chi connectivity index (χ3n) is 2.32. The quantitative estimate of drug-likeness (QED) is 0.894. The number of hydrogen-bond donors (Lipinski definition) is 1. The maximum Gasteiger partial charge on any atom is 0.335 e. The van der Waals surface area contributed by atoms with Crippen LogP contribution in [-0.4, -0.2) is 21.0 Å². The molecule has 0 aliphatic rings. The molecule has 0 amide bonds. The lowest BCUT2D eigenvalue weighted by Gasteiger charge is -2.07. The second kappa shape index (κ2) is 5.27. The van der Waals surface area contributed by atoms with E-state index in [1.807, 2.05) is 6.92 Å². The fraction of sp³-hybridized carbons (Fsp3) is 0.154. The molecule has 0 spiro atoms. The summed E-state index contributed by atoms with van der Waals surface area (Å²) < 4.78 is 5.47. The third-order valence-corrected chi connectivity index (χ3v) is 2.32. The molecule has 2 aromatic heterocycles. The Morgan fingerprint density at radius 2 is 2.28 bits per heavy atom. The number of nitrogens with zero attached hydrogens (tertiary/aromatic N) is 2. The van der Waals surface area contributed by atoms with Crippen LogP contribution in [0.2, 0.25) is 0 Å². The van der Waals surface area contributed by atoms with Crippen LogP contribution in [0.25, 0.3) is 0 Å². The van der Waals surface area contributed by atoms with E-state index in [2.05, 4.69) is 9.97 Å². The maximum absolute atomic E-state index is 11.0. The molecule has 0 bridgehead atoms. The summed E-state index contributed by atoms with van der Waals surface area (Å²) in [4.78, 5) is 19.1. The van der Waals surface area contributed by atoms with Gasteiger partial charge in [0.1, 0.15) is 5.75 Å². The van der Waals surface area contributed by atoms with E-state index in [0.717, 1.165) is 0 Å². The highest BCUT2D eigenvalue weighted by Crippen LogP contribution is 2.20. The van der Waals surface area contributed by atoms with Crippen LogP contribution in [0.3, 0.4) is 0 Å². The molecule has 2 rings (SSSR count). The van der Waals surface area contributed by atoms with Gasteiger partial charge in [-0.3, -0.25) is 4.98 Å². The first-order chi connectivity index (χ1) is 8.69. The van der Waals surface area contributed by atoms with Crippen molar-refractivity contribution in [1.82, 2.24) is 9.97 Å². The first-order valence-electron chi connectivity index (χ1n) is 5.51. The van der Waals surface area contributed by atoms with E-state index in [1.165, 1.54) is 6.07 Å². The Labute approximate surface area is 104 Å². The van der Waals surface area contributed by atoms with Gasteiger partial charge in [-0.1, -0.05) is 6.92 Å². The van der Waals surface area contributed by atoms with Crippen LogP contribution >= 0.6 is 0 Å². The molecule has 18 heavy (non-hydrogen) atoms. The maximum atomic E-state index is 11.0. The minimum absolute atomic E-state index is 0.167. The summed E-state index contributed by atoms with van der Waals surface area (Å²) in [6.45, 7) is 1.90. The SMILES string of the molecule is CCc1cc(C(=O)O)cc(Oc2cccnc2)n1. The summed E-state index contributed by atoms with van der Waals surface area (Å²) in [6, 6.07) is 6.40. The number of aromatic nitrogens is 2. The molecule has 0 radical (unpaired) electrons. The molecule has 0 aromatic carbocycles. The van der Waals surface area contributed by atoms with E-state index in [4.69, 9.17) is 9.84 Å². The van der Waals surface area contributed by atoms with Gasteiger partial charge in [0.2, 0.25) is 5.88 Å². The van der Waals surface area contributed by atoms with E-state index in [1.54, 1.807) is 30.6 Å². The van der Waals surface area contributed by atoms with E-state index in [9.17, 15) is 4.79 Å². The molecule has 2 aromatic rings. The summed E-state index contributed by atoms with van der Waals surface area (Å²) in [7, 11) is 0. The van der Waals surface area contributed by atoms with Crippen molar-refractivity contribution in [2.75, 3.05) is 0 Å². The Bertz CT molecular complexity index is 555. The molecule has 92 valence electrons. The molecule has 0 aliphatic carbocycles. The van der Waals surface area contributed by atoms with Gasteiger partial charge in [0.25, 0.3) is 0 Å². The van der Waals surface area contributed by atoms with Crippen molar-refractivity contribution >= 4 is 5.97 Å². The zero-order valence-corrected chi connectivity index (χ0v) is 9.83. The predicted octanol–water partition coefficient (Wildman–Crippen LogP) is 2.53. The third kappa shape index (κ3) is 2.82. The van der Waals surface area contributed by atoms with Crippen molar-refractivity contribution in [2.45, 2.75) is 13.3 Å². The molecule has 1 N–H and O–H groups in total. The largest absolute Gasteiger partial charge is 0.478 e. The fourth-order valence-electron chi connectivity index (χ4n) is 1.45. The number of aromatic carboxylic acids is 1. The molecule has 0 aliphatic heterocycles. The number of carboxylic acid groups (broad SMARTS) is 1. The van der Waals surface area contributed by atoms with Gasteiger partial charge >= 0.3 is 5.97 Å². The summed E-state index contributed by atoms with van der Waals surface area (Å²) in [5, 5.41) is 9.00. The Hall–Kier alpha value is -2.43. The van der Waals surface area contributed by atoms with E-state index >= 15 is 0 Å². The molecule has 5 nitrogen and oxygen atoms in total. The number of rotatable bonds is 4. The van der Waals surface area contributed by atoms with Crippen LogP contribution in [0.5, 0.6) is 11.6 Å². The fourth-order valence-corrected chi connectivity index (χ4v) is 1.45. The standard InChI is InChI=1S/C13H12N2O3/c1-2-10-6-9(13(16)17)7-12(15-10)18-11-4-3-5-14-8-11/h3-8H,2H2,1H3,(H,16,17). The van der Waals surface area contributed by atoms with Crippen molar-refractivity contribution < 1.29 is 14.6 Å². The Balaban J connectivity index is 2.32. The second-order valence-electron chi connectivity index (χ2n) is 3.63. The lowest BCUT2D eigenvalue weighted by Crippen LogP contribution is -2.01. The summed E-state index contributed by atoms with van der Waals surface area (Å²) in [6.07, 6.45) is 3.82. The minimum Gasteiger partial charge on any atom is -0.478 e. The van der Waals surface area contributed by atoms with Crippen LogP contribution < -0.4 is 4.74 Å². The van der Waals surface area contributed by atoms with Gasteiger partial charge in [-0.2, -0.15) is 0 Å². The van der Waals surface area contributed by atoms with Crippen LogP contribution in [0.1, 0.15) is 23.0 Å². The number of carbonyl (C=O) groups is 1. The van der Waals surface area contributed by atoms with Crippen molar-refractivity contribution in [1.29, 1.82) is 0 Å². The zero-order chi connectivity index (χ0) is 13.0. The van der Waals surface area contributed by atoms with Gasteiger partial charge in [0, 0.05) is 18.0 Å². The van der Waals surface area contributed by atoms with Gasteiger partial charge in [0.05, 0.1) is 11.8 Å². The summed E-state index contributed by atoms with van der Waals surface area (Å²) in [5.74, 6) is -0.211. The molecule has 0 atom stereocenters. The molecular weight excluding hydrogens is 232 g/mol. The number of aryl methyl sites for hydroxylation is 1. The Morgan fingerprint density at radius 3 is 2.89 bits per heavy atom. The van der Waals surface area contributed by atoms with Crippen molar-refractivity contribution in [3.63, 3.8) is 0 Å². The van der Waals surface area contributed by atoms with Gasteiger partial charge in [-0.15, -0.1) is 0 Å². The van der Waals surface area contributed by atoms with E-state index in [0.29, 0.717) is 17.9 Å². The molecular formula is C13H12N2O3. The van der Waals surface area contributed by atoms with Gasteiger partial charge in [0.15, 0.2) is 0 Å². The van der Waals surface area contributed by atoms with Crippen molar-refractivity contribution in [3.05, 3.63) is 47.9 Å². The number of carboxylic acids is 1. The van der Waals surface area contributed by atoms with Crippen molar-refractivity contribution in [3.8, 4) is 11.6 Å². The first-order valence-corrected chi connectivity index (χ1v) is 5.51. The number of pyridine rings is 2. The molecule has 0 unspecified atom stereocenters.